The summed E-state index contributed by atoms with van der Waals surface area (Å²) in [6.45, 7) is 2.45. The molecule has 3 N–H and O–H groups in total. The van der Waals surface area contributed by atoms with E-state index in [0.717, 1.165) is 17.7 Å². The summed E-state index contributed by atoms with van der Waals surface area (Å²) in [7, 11) is 1.62. The Hall–Kier alpha value is -1.81. The van der Waals surface area contributed by atoms with Crippen molar-refractivity contribution in [3.63, 3.8) is 0 Å². The Labute approximate surface area is 108 Å². The van der Waals surface area contributed by atoms with Crippen molar-refractivity contribution in [3.05, 3.63) is 35.9 Å². The fourth-order valence-electron chi connectivity index (χ4n) is 1.46. The predicted octanol–water partition coefficient (Wildman–Crippen LogP) is 1.56. The summed E-state index contributed by atoms with van der Waals surface area (Å²) in [5, 5.41) is 2.83. The molecule has 4 heteroatoms. The maximum Gasteiger partial charge on any atom is 0.244 e. The van der Waals surface area contributed by atoms with E-state index in [1.807, 2.05) is 31.2 Å². The van der Waals surface area contributed by atoms with Gasteiger partial charge in [-0.1, -0.05) is 19.1 Å². The van der Waals surface area contributed by atoms with Crippen LogP contribution in [0.25, 0.3) is 6.08 Å². The van der Waals surface area contributed by atoms with Gasteiger partial charge >= 0.3 is 0 Å². The highest BCUT2D eigenvalue weighted by Crippen LogP contribution is 2.12. The second kappa shape index (κ2) is 7.50. The molecular formula is C14H20N2O2. The molecule has 98 valence electrons. The molecule has 0 bridgehead atoms. The third kappa shape index (κ3) is 4.59. The number of hydrogen-bond donors (Lipinski definition) is 2. The number of benzene rings is 1. The molecule has 1 unspecified atom stereocenters. The van der Waals surface area contributed by atoms with Gasteiger partial charge in [0.05, 0.1) is 7.11 Å². The zero-order chi connectivity index (χ0) is 13.4. The van der Waals surface area contributed by atoms with E-state index in [9.17, 15) is 4.79 Å². The van der Waals surface area contributed by atoms with Crippen molar-refractivity contribution in [2.75, 3.05) is 13.7 Å². The number of ether oxygens (including phenoxy) is 1. The minimum atomic E-state index is -0.122. The van der Waals surface area contributed by atoms with Gasteiger partial charge in [0, 0.05) is 18.7 Å². The van der Waals surface area contributed by atoms with Gasteiger partial charge in [-0.05, 0) is 30.2 Å². The summed E-state index contributed by atoms with van der Waals surface area (Å²) in [4.78, 5) is 11.6. The average Bonchev–Trinajstić information content (AvgIpc) is 2.43. The number of carbonyl (C=O) groups is 1. The van der Waals surface area contributed by atoms with Crippen LogP contribution in [0.15, 0.2) is 30.3 Å². The number of hydrogen-bond acceptors (Lipinski definition) is 3. The zero-order valence-electron chi connectivity index (χ0n) is 10.8. The molecule has 0 saturated heterocycles. The second-order valence-corrected chi connectivity index (χ2v) is 3.96. The third-order valence-electron chi connectivity index (χ3n) is 2.67. The van der Waals surface area contributed by atoms with Crippen LogP contribution in [-0.2, 0) is 4.79 Å². The number of nitrogens with one attached hydrogen (secondary N) is 1. The first kappa shape index (κ1) is 14.3. The van der Waals surface area contributed by atoms with Crippen LogP contribution in [0.3, 0.4) is 0 Å². The Morgan fingerprint density at radius 2 is 2.11 bits per heavy atom. The second-order valence-electron chi connectivity index (χ2n) is 3.96. The van der Waals surface area contributed by atoms with Crippen LogP contribution in [0.1, 0.15) is 18.9 Å². The standard InChI is InChI=1S/C14H20N2O2/c1-3-12(10-15)16-14(17)9-6-11-4-7-13(18-2)8-5-11/h4-9,12H,3,10,15H2,1-2H3,(H,16,17). The molecule has 0 aromatic heterocycles. The molecule has 0 spiro atoms. The van der Waals surface area contributed by atoms with Gasteiger partial charge in [-0.25, -0.2) is 0 Å². The van der Waals surface area contributed by atoms with Crippen LogP contribution < -0.4 is 15.8 Å². The summed E-state index contributed by atoms with van der Waals surface area (Å²) in [6, 6.07) is 7.53. The highest BCUT2D eigenvalue weighted by Gasteiger charge is 2.04. The molecule has 1 aromatic carbocycles. The molecule has 0 aliphatic rings. The van der Waals surface area contributed by atoms with Crippen LogP contribution in [0, 0.1) is 0 Å². The molecule has 0 fully saturated rings. The van der Waals surface area contributed by atoms with Gasteiger partial charge < -0.3 is 15.8 Å². The monoisotopic (exact) mass is 248 g/mol. The van der Waals surface area contributed by atoms with Crippen molar-refractivity contribution in [3.8, 4) is 5.75 Å². The van der Waals surface area contributed by atoms with Crippen molar-refractivity contribution in [1.29, 1.82) is 0 Å². The smallest absolute Gasteiger partial charge is 0.244 e. The van der Waals surface area contributed by atoms with E-state index >= 15 is 0 Å². The van der Waals surface area contributed by atoms with Crippen molar-refractivity contribution >= 4 is 12.0 Å². The first-order chi connectivity index (χ1) is 8.69. The van der Waals surface area contributed by atoms with Gasteiger partial charge in [-0.3, -0.25) is 4.79 Å². The number of amides is 1. The van der Waals surface area contributed by atoms with Crippen LogP contribution in [0.5, 0.6) is 5.75 Å². The normalized spacial score (nSPS) is 12.4. The molecule has 1 atom stereocenters. The van der Waals surface area contributed by atoms with Crippen LogP contribution in [-0.4, -0.2) is 25.6 Å². The molecule has 0 aliphatic heterocycles. The fraction of sp³-hybridized carbons (Fsp3) is 0.357. The minimum Gasteiger partial charge on any atom is -0.497 e. The van der Waals surface area contributed by atoms with Crippen molar-refractivity contribution in [2.24, 2.45) is 5.73 Å². The van der Waals surface area contributed by atoms with E-state index in [0.29, 0.717) is 6.54 Å². The summed E-state index contributed by atoms with van der Waals surface area (Å²) in [6.07, 6.45) is 4.11. The van der Waals surface area contributed by atoms with Crippen molar-refractivity contribution in [2.45, 2.75) is 19.4 Å². The van der Waals surface area contributed by atoms with Gasteiger partial charge in [0.25, 0.3) is 0 Å². The lowest BCUT2D eigenvalue weighted by molar-refractivity contribution is -0.117. The Morgan fingerprint density at radius 1 is 1.44 bits per heavy atom. The van der Waals surface area contributed by atoms with E-state index < -0.39 is 0 Å². The highest BCUT2D eigenvalue weighted by molar-refractivity contribution is 5.91. The van der Waals surface area contributed by atoms with Crippen molar-refractivity contribution in [1.82, 2.24) is 5.32 Å². The highest BCUT2D eigenvalue weighted by atomic mass is 16.5. The lowest BCUT2D eigenvalue weighted by Gasteiger charge is -2.12. The van der Waals surface area contributed by atoms with Gasteiger partial charge in [0.1, 0.15) is 5.75 Å². The summed E-state index contributed by atoms with van der Waals surface area (Å²) < 4.78 is 5.06. The minimum absolute atomic E-state index is 0.0398. The first-order valence-electron chi connectivity index (χ1n) is 6.02. The number of nitrogens with two attached hydrogens (primary N) is 1. The fourth-order valence-corrected chi connectivity index (χ4v) is 1.46. The SMILES string of the molecule is CCC(CN)NC(=O)C=Cc1ccc(OC)cc1. The maximum atomic E-state index is 11.6. The molecule has 0 aliphatic carbocycles. The summed E-state index contributed by atoms with van der Waals surface area (Å²) in [5.41, 5.74) is 6.47. The Morgan fingerprint density at radius 3 is 2.61 bits per heavy atom. The summed E-state index contributed by atoms with van der Waals surface area (Å²) >= 11 is 0. The molecule has 1 amide bonds. The largest absolute Gasteiger partial charge is 0.497 e. The molecule has 0 saturated carbocycles. The van der Waals surface area contributed by atoms with Gasteiger partial charge in [0.15, 0.2) is 0 Å². The molecular weight excluding hydrogens is 228 g/mol. The van der Waals surface area contributed by atoms with E-state index in [1.54, 1.807) is 13.2 Å². The van der Waals surface area contributed by atoms with Crippen LogP contribution in [0.2, 0.25) is 0 Å². The predicted molar refractivity (Wildman–Crippen MR) is 73.3 cm³/mol. The Bertz CT molecular complexity index is 395. The number of carbonyl (C=O) groups excluding carboxylic acids is 1. The molecule has 1 rings (SSSR count). The Kier molecular flexibility index (Phi) is 5.94. The van der Waals surface area contributed by atoms with Crippen molar-refractivity contribution < 1.29 is 9.53 Å². The molecule has 1 aromatic rings. The van der Waals surface area contributed by atoms with E-state index in [-0.39, 0.29) is 11.9 Å². The average molecular weight is 248 g/mol. The number of methoxy groups -OCH3 is 1. The molecule has 0 heterocycles. The summed E-state index contributed by atoms with van der Waals surface area (Å²) in [5.74, 6) is 0.675. The van der Waals surface area contributed by atoms with E-state index in [4.69, 9.17) is 10.5 Å². The molecule has 18 heavy (non-hydrogen) atoms. The Balaban J connectivity index is 2.54. The van der Waals surface area contributed by atoms with Crippen LogP contribution >= 0.6 is 0 Å². The third-order valence-corrected chi connectivity index (χ3v) is 2.67. The number of rotatable bonds is 6. The van der Waals surface area contributed by atoms with Crippen LogP contribution in [0.4, 0.5) is 0 Å². The van der Waals surface area contributed by atoms with Gasteiger partial charge in [-0.15, -0.1) is 0 Å². The van der Waals surface area contributed by atoms with E-state index in [2.05, 4.69) is 5.32 Å². The quantitative estimate of drug-likeness (QED) is 0.751. The molecule has 0 radical (unpaired) electrons. The topological polar surface area (TPSA) is 64.3 Å². The van der Waals surface area contributed by atoms with Gasteiger partial charge in [0.2, 0.25) is 5.91 Å². The lowest BCUT2D eigenvalue weighted by atomic mass is 10.2. The zero-order valence-corrected chi connectivity index (χ0v) is 10.8. The van der Waals surface area contributed by atoms with E-state index in [1.165, 1.54) is 6.08 Å². The first-order valence-corrected chi connectivity index (χ1v) is 6.02. The maximum absolute atomic E-state index is 11.6. The lowest BCUT2D eigenvalue weighted by Crippen LogP contribution is -2.38. The van der Waals surface area contributed by atoms with Gasteiger partial charge in [-0.2, -0.15) is 0 Å². The molecule has 4 nitrogen and oxygen atoms in total.